The molecular formula is C15H14FN3O3. The standard InChI is InChI=1S/C15H14FN3O3/c1-18(2)14-8-7-12(19(21)22)9-13(14)15(20)17-11-5-3-10(16)4-6-11/h3-9H,1-2H3,(H,17,20). The van der Waals surface area contributed by atoms with Gasteiger partial charge in [0.25, 0.3) is 11.6 Å². The first-order chi connectivity index (χ1) is 10.4. The summed E-state index contributed by atoms with van der Waals surface area (Å²) in [4.78, 5) is 24.3. The van der Waals surface area contributed by atoms with Crippen molar-refractivity contribution >= 4 is 23.0 Å². The first kappa shape index (κ1) is 15.4. The van der Waals surface area contributed by atoms with E-state index in [0.717, 1.165) is 0 Å². The van der Waals surface area contributed by atoms with Crippen LogP contribution in [0.1, 0.15) is 10.4 Å². The van der Waals surface area contributed by atoms with E-state index in [0.29, 0.717) is 11.4 Å². The minimum Gasteiger partial charge on any atom is -0.377 e. The molecule has 0 saturated carbocycles. The molecular weight excluding hydrogens is 289 g/mol. The molecule has 22 heavy (non-hydrogen) atoms. The van der Waals surface area contributed by atoms with Crippen molar-refractivity contribution in [2.24, 2.45) is 0 Å². The Morgan fingerprint density at radius 2 is 1.82 bits per heavy atom. The van der Waals surface area contributed by atoms with E-state index in [9.17, 15) is 19.3 Å². The van der Waals surface area contributed by atoms with Gasteiger partial charge in [0.05, 0.1) is 10.5 Å². The summed E-state index contributed by atoms with van der Waals surface area (Å²) in [6.07, 6.45) is 0. The maximum atomic E-state index is 12.9. The smallest absolute Gasteiger partial charge is 0.270 e. The molecule has 0 spiro atoms. The molecule has 0 heterocycles. The average Bonchev–Trinajstić information content (AvgIpc) is 2.48. The third-order valence-electron chi connectivity index (χ3n) is 3.02. The Morgan fingerprint density at radius 3 is 2.36 bits per heavy atom. The lowest BCUT2D eigenvalue weighted by atomic mass is 10.1. The second-order valence-electron chi connectivity index (χ2n) is 4.81. The number of carbonyl (C=O) groups excluding carboxylic acids is 1. The van der Waals surface area contributed by atoms with Crippen LogP contribution in [0.5, 0.6) is 0 Å². The number of benzene rings is 2. The average molecular weight is 303 g/mol. The highest BCUT2D eigenvalue weighted by molar-refractivity contribution is 6.08. The predicted octanol–water partition coefficient (Wildman–Crippen LogP) is 3.05. The first-order valence-corrected chi connectivity index (χ1v) is 6.41. The molecule has 0 fully saturated rings. The summed E-state index contributed by atoms with van der Waals surface area (Å²) in [5.74, 6) is -0.915. The van der Waals surface area contributed by atoms with Crippen molar-refractivity contribution in [2.45, 2.75) is 0 Å². The summed E-state index contributed by atoms with van der Waals surface area (Å²) in [5.41, 5.74) is 0.950. The molecule has 0 atom stereocenters. The zero-order valence-electron chi connectivity index (χ0n) is 12.0. The second-order valence-corrected chi connectivity index (χ2v) is 4.81. The number of amides is 1. The minimum absolute atomic E-state index is 0.170. The van der Waals surface area contributed by atoms with Crippen molar-refractivity contribution < 1.29 is 14.1 Å². The molecule has 114 valence electrons. The Balaban J connectivity index is 2.36. The van der Waals surface area contributed by atoms with Crippen LogP contribution in [-0.2, 0) is 0 Å². The Kier molecular flexibility index (Phi) is 4.36. The van der Waals surface area contributed by atoms with Gasteiger partial charge in [-0.05, 0) is 30.3 Å². The van der Waals surface area contributed by atoms with Crippen LogP contribution in [-0.4, -0.2) is 24.9 Å². The number of nitro benzene ring substituents is 1. The van der Waals surface area contributed by atoms with E-state index >= 15 is 0 Å². The van der Waals surface area contributed by atoms with Gasteiger partial charge in [0.15, 0.2) is 0 Å². The van der Waals surface area contributed by atoms with Crippen LogP contribution in [0.25, 0.3) is 0 Å². The van der Waals surface area contributed by atoms with Gasteiger partial charge < -0.3 is 10.2 Å². The number of anilines is 2. The molecule has 0 aliphatic rings. The zero-order valence-corrected chi connectivity index (χ0v) is 12.0. The van der Waals surface area contributed by atoms with Crippen molar-refractivity contribution in [3.63, 3.8) is 0 Å². The number of nitrogens with one attached hydrogen (secondary N) is 1. The number of carbonyl (C=O) groups is 1. The summed E-state index contributed by atoms with van der Waals surface area (Å²) < 4.78 is 12.9. The minimum atomic E-state index is -0.561. The number of hydrogen-bond acceptors (Lipinski definition) is 4. The molecule has 0 aromatic heterocycles. The van der Waals surface area contributed by atoms with Crippen LogP contribution in [0.4, 0.5) is 21.5 Å². The number of nitrogens with zero attached hydrogens (tertiary/aromatic N) is 2. The molecule has 0 radical (unpaired) electrons. The van der Waals surface area contributed by atoms with E-state index in [1.165, 1.54) is 42.5 Å². The Hall–Kier alpha value is -2.96. The fraction of sp³-hybridized carbons (Fsp3) is 0.133. The van der Waals surface area contributed by atoms with E-state index in [4.69, 9.17) is 0 Å². The number of non-ortho nitro benzene ring substituents is 1. The van der Waals surface area contributed by atoms with Crippen LogP contribution in [0, 0.1) is 15.9 Å². The van der Waals surface area contributed by atoms with Crippen molar-refractivity contribution in [2.75, 3.05) is 24.3 Å². The fourth-order valence-corrected chi connectivity index (χ4v) is 1.94. The van der Waals surface area contributed by atoms with E-state index in [-0.39, 0.29) is 11.3 Å². The number of hydrogen-bond donors (Lipinski definition) is 1. The SMILES string of the molecule is CN(C)c1ccc([N+](=O)[O-])cc1C(=O)Nc1ccc(F)cc1. The zero-order chi connectivity index (χ0) is 16.3. The lowest BCUT2D eigenvalue weighted by Gasteiger charge is -2.17. The molecule has 1 N–H and O–H groups in total. The van der Waals surface area contributed by atoms with Crippen LogP contribution in [0.15, 0.2) is 42.5 Å². The molecule has 0 saturated heterocycles. The Labute approximate surface area is 126 Å². The van der Waals surface area contributed by atoms with Gasteiger partial charge in [0, 0.05) is 37.6 Å². The molecule has 1 amide bonds. The van der Waals surface area contributed by atoms with Crippen molar-refractivity contribution in [3.8, 4) is 0 Å². The Bertz CT molecular complexity index is 714. The van der Waals surface area contributed by atoms with Gasteiger partial charge in [-0.25, -0.2) is 4.39 Å². The lowest BCUT2D eigenvalue weighted by Crippen LogP contribution is -2.18. The van der Waals surface area contributed by atoms with E-state index < -0.39 is 16.6 Å². The van der Waals surface area contributed by atoms with E-state index in [1.807, 2.05) is 0 Å². The number of rotatable bonds is 4. The Morgan fingerprint density at radius 1 is 1.18 bits per heavy atom. The largest absolute Gasteiger partial charge is 0.377 e. The maximum Gasteiger partial charge on any atom is 0.270 e. The molecule has 0 aliphatic heterocycles. The molecule has 0 bridgehead atoms. The molecule has 7 heteroatoms. The van der Waals surface area contributed by atoms with Crippen molar-refractivity contribution in [3.05, 3.63) is 64.0 Å². The third kappa shape index (κ3) is 3.38. The molecule has 6 nitrogen and oxygen atoms in total. The molecule has 0 aliphatic carbocycles. The van der Waals surface area contributed by atoms with Gasteiger partial charge in [-0.15, -0.1) is 0 Å². The lowest BCUT2D eigenvalue weighted by molar-refractivity contribution is -0.384. The summed E-state index contributed by atoms with van der Waals surface area (Å²) in [6, 6.07) is 9.33. The summed E-state index contributed by atoms with van der Waals surface area (Å²) in [5, 5.41) is 13.5. The predicted molar refractivity (Wildman–Crippen MR) is 81.8 cm³/mol. The summed E-state index contributed by atoms with van der Waals surface area (Å²) in [7, 11) is 3.46. The molecule has 2 rings (SSSR count). The quantitative estimate of drug-likeness (QED) is 0.695. The highest BCUT2D eigenvalue weighted by Crippen LogP contribution is 2.25. The molecule has 0 unspecified atom stereocenters. The van der Waals surface area contributed by atoms with Crippen molar-refractivity contribution in [1.29, 1.82) is 0 Å². The van der Waals surface area contributed by atoms with E-state index in [2.05, 4.69) is 5.32 Å². The monoisotopic (exact) mass is 303 g/mol. The topological polar surface area (TPSA) is 75.5 Å². The highest BCUT2D eigenvalue weighted by Gasteiger charge is 2.18. The molecule has 2 aromatic rings. The summed E-state index contributed by atoms with van der Waals surface area (Å²) >= 11 is 0. The van der Waals surface area contributed by atoms with E-state index in [1.54, 1.807) is 19.0 Å². The third-order valence-corrected chi connectivity index (χ3v) is 3.02. The maximum absolute atomic E-state index is 12.9. The van der Waals surface area contributed by atoms with Gasteiger partial charge in [-0.2, -0.15) is 0 Å². The van der Waals surface area contributed by atoms with Crippen LogP contribution in [0.2, 0.25) is 0 Å². The fourth-order valence-electron chi connectivity index (χ4n) is 1.94. The number of halogens is 1. The number of nitro groups is 1. The van der Waals surface area contributed by atoms with Gasteiger partial charge in [-0.3, -0.25) is 14.9 Å². The van der Waals surface area contributed by atoms with Gasteiger partial charge in [0.2, 0.25) is 0 Å². The van der Waals surface area contributed by atoms with Gasteiger partial charge in [0.1, 0.15) is 5.82 Å². The second kappa shape index (κ2) is 6.21. The van der Waals surface area contributed by atoms with Gasteiger partial charge >= 0.3 is 0 Å². The van der Waals surface area contributed by atoms with Crippen molar-refractivity contribution in [1.82, 2.24) is 0 Å². The first-order valence-electron chi connectivity index (χ1n) is 6.41. The van der Waals surface area contributed by atoms with Gasteiger partial charge in [-0.1, -0.05) is 0 Å². The van der Waals surface area contributed by atoms with Crippen LogP contribution < -0.4 is 10.2 Å². The van der Waals surface area contributed by atoms with Crippen LogP contribution in [0.3, 0.4) is 0 Å². The molecule has 2 aromatic carbocycles. The van der Waals surface area contributed by atoms with Crippen LogP contribution >= 0.6 is 0 Å². The highest BCUT2D eigenvalue weighted by atomic mass is 19.1. The summed E-state index contributed by atoms with van der Waals surface area (Å²) in [6.45, 7) is 0. The normalized spacial score (nSPS) is 10.1.